The molecular formula is C53H86O22. The quantitative estimate of drug-likeness (QED) is 0.0643. The van der Waals surface area contributed by atoms with Gasteiger partial charge in [0.05, 0.1) is 44.1 Å². The fraction of sp³-hybridized carbons (Fsp3) is 0.943. The summed E-state index contributed by atoms with van der Waals surface area (Å²) in [4.78, 5) is 15.1. The van der Waals surface area contributed by atoms with Crippen LogP contribution in [0, 0.1) is 50.2 Å². The Bertz CT molecular complexity index is 2060. The van der Waals surface area contributed by atoms with Gasteiger partial charge in [-0.25, -0.2) is 0 Å². The van der Waals surface area contributed by atoms with E-state index < -0.39 is 153 Å². The van der Waals surface area contributed by atoms with Gasteiger partial charge in [0.25, 0.3) is 0 Å². The zero-order valence-corrected chi connectivity index (χ0v) is 44.2. The van der Waals surface area contributed by atoms with Crippen LogP contribution in [0.5, 0.6) is 0 Å². The summed E-state index contributed by atoms with van der Waals surface area (Å²) < 4.78 is 47.1. The first-order valence-electron chi connectivity index (χ1n) is 27.3. The summed E-state index contributed by atoms with van der Waals surface area (Å²) in [5.74, 6) is -0.615. The minimum Gasteiger partial charge on any atom is -0.432 e. The van der Waals surface area contributed by atoms with Crippen molar-refractivity contribution < 1.29 is 109 Å². The Morgan fingerprint density at radius 2 is 1.19 bits per heavy atom. The van der Waals surface area contributed by atoms with Gasteiger partial charge in [0.2, 0.25) is 6.29 Å². The standard InChI is InChI=1S/C53H86O22/c1-23-32(58)34(60)38(64)44(69-23)73-41-27(19-54)70-45(39(65)35(41)61)74-42-28(20-55)71-46(40(66)36(42)62)75-47(67)53-16-14-48(2,3)18-25(53)24-8-9-30-49(4)12-11-31(72-43-37(63)33(59)26(57)21-68-43)50(5,22-56)29(49)10-13-52(30,7)51(24,6)15-17-53/h8,23,25-46,54-66H,9-22H2,1-7H3/t23-,25-,26-,27+,28+,29+,30+,31-,32-,33-,34+,35+,36+,37+,38+,39+,40+,41+,42+,43-,44+,45-,46-,49-,50-,51+,52+,53-/m0/s1. The Labute approximate surface area is 437 Å². The van der Waals surface area contributed by atoms with Crippen molar-refractivity contribution in [2.24, 2.45) is 50.2 Å². The lowest BCUT2D eigenvalue weighted by molar-refractivity contribution is -0.377. The highest BCUT2D eigenvalue weighted by Gasteiger charge is 2.71. The number of hydrogen-bond acceptors (Lipinski definition) is 22. The number of carbonyl (C=O) groups is 1. The van der Waals surface area contributed by atoms with E-state index in [0.29, 0.717) is 38.5 Å². The molecule has 430 valence electrons. The average Bonchev–Trinajstić information content (AvgIpc) is 3.45. The van der Waals surface area contributed by atoms with Crippen molar-refractivity contribution in [3.8, 4) is 0 Å². The molecule has 0 aromatic heterocycles. The Morgan fingerprint density at radius 1 is 0.613 bits per heavy atom. The topological polar surface area (TPSA) is 354 Å². The lowest BCUT2D eigenvalue weighted by Crippen LogP contribution is -2.67. The Balaban J connectivity index is 0.903. The molecule has 0 unspecified atom stereocenters. The van der Waals surface area contributed by atoms with Crippen LogP contribution in [0.15, 0.2) is 11.6 Å². The van der Waals surface area contributed by atoms with Crippen LogP contribution < -0.4 is 0 Å². The molecule has 4 saturated carbocycles. The van der Waals surface area contributed by atoms with Crippen LogP contribution in [-0.4, -0.2) is 222 Å². The normalized spacial score (nSPS) is 54.8. The fourth-order valence-corrected chi connectivity index (χ4v) is 16.2. The van der Waals surface area contributed by atoms with Gasteiger partial charge in [-0.15, -0.1) is 0 Å². The molecule has 22 nitrogen and oxygen atoms in total. The molecule has 0 radical (unpaired) electrons. The summed E-state index contributed by atoms with van der Waals surface area (Å²) in [6, 6.07) is 0. The highest BCUT2D eigenvalue weighted by molar-refractivity contribution is 5.79. The maximum Gasteiger partial charge on any atom is 0.315 e. The molecule has 75 heavy (non-hydrogen) atoms. The van der Waals surface area contributed by atoms with Crippen LogP contribution >= 0.6 is 0 Å². The Hall–Kier alpha value is -1.59. The Kier molecular flexibility index (Phi) is 16.3. The van der Waals surface area contributed by atoms with Gasteiger partial charge >= 0.3 is 5.97 Å². The minimum absolute atomic E-state index is 0.0319. The zero-order chi connectivity index (χ0) is 54.7. The molecule has 4 aliphatic heterocycles. The van der Waals surface area contributed by atoms with Crippen LogP contribution in [0.3, 0.4) is 0 Å². The molecule has 8 fully saturated rings. The molecule has 13 N–H and O–H groups in total. The number of esters is 1. The van der Waals surface area contributed by atoms with E-state index in [1.807, 2.05) is 6.92 Å². The molecule has 0 amide bonds. The number of hydrogen-bond donors (Lipinski definition) is 13. The summed E-state index contributed by atoms with van der Waals surface area (Å²) in [5.41, 5.74) is -1.46. The molecule has 5 aliphatic carbocycles. The van der Waals surface area contributed by atoms with Crippen LogP contribution in [0.2, 0.25) is 0 Å². The molecule has 0 aromatic carbocycles. The summed E-state index contributed by atoms with van der Waals surface area (Å²) >= 11 is 0. The van der Waals surface area contributed by atoms with E-state index in [-0.39, 0.29) is 52.6 Å². The first kappa shape index (κ1) is 58.1. The van der Waals surface area contributed by atoms with Crippen molar-refractivity contribution in [3.05, 3.63) is 11.6 Å². The van der Waals surface area contributed by atoms with Gasteiger partial charge in [-0.1, -0.05) is 53.2 Å². The van der Waals surface area contributed by atoms with Crippen LogP contribution in [-0.2, 0) is 42.7 Å². The summed E-state index contributed by atoms with van der Waals surface area (Å²) in [7, 11) is 0. The fourth-order valence-electron chi connectivity index (χ4n) is 16.2. The summed E-state index contributed by atoms with van der Waals surface area (Å²) in [6.45, 7) is 13.0. The first-order valence-corrected chi connectivity index (χ1v) is 27.3. The Morgan fingerprint density at radius 3 is 1.81 bits per heavy atom. The number of carbonyl (C=O) groups excluding carboxylic acids is 1. The summed E-state index contributed by atoms with van der Waals surface area (Å²) in [6.07, 6.45) is -21.6. The number of aliphatic hydroxyl groups excluding tert-OH is 13. The van der Waals surface area contributed by atoms with E-state index in [9.17, 15) is 66.4 Å². The van der Waals surface area contributed by atoms with Crippen molar-refractivity contribution in [2.45, 2.75) is 235 Å². The van der Waals surface area contributed by atoms with E-state index in [2.05, 4.69) is 40.7 Å². The molecule has 4 saturated heterocycles. The molecular weight excluding hydrogens is 989 g/mol. The van der Waals surface area contributed by atoms with E-state index in [4.69, 9.17) is 37.9 Å². The predicted octanol–water partition coefficient (Wildman–Crippen LogP) is -1.40. The molecule has 28 atom stereocenters. The molecule has 4 heterocycles. The third-order valence-corrected chi connectivity index (χ3v) is 21.1. The summed E-state index contributed by atoms with van der Waals surface area (Å²) in [5, 5.41) is 140. The van der Waals surface area contributed by atoms with Gasteiger partial charge in [-0.3, -0.25) is 4.79 Å². The van der Waals surface area contributed by atoms with Crippen LogP contribution in [0.4, 0.5) is 0 Å². The molecule has 9 rings (SSSR count). The van der Waals surface area contributed by atoms with E-state index >= 15 is 4.79 Å². The molecule has 9 aliphatic rings. The van der Waals surface area contributed by atoms with Gasteiger partial charge in [-0.05, 0) is 111 Å². The van der Waals surface area contributed by atoms with Crippen molar-refractivity contribution in [1.82, 2.24) is 0 Å². The number of fused-ring (bicyclic) bond motifs is 7. The number of allylic oxidation sites excluding steroid dienone is 2. The first-order chi connectivity index (χ1) is 35.2. The zero-order valence-electron chi connectivity index (χ0n) is 44.2. The lowest BCUT2D eigenvalue weighted by atomic mass is 9.33. The second kappa shape index (κ2) is 21.1. The van der Waals surface area contributed by atoms with Crippen LogP contribution in [0.1, 0.15) is 113 Å². The van der Waals surface area contributed by atoms with Crippen molar-refractivity contribution >= 4 is 5.97 Å². The number of rotatable bonds is 11. The lowest BCUT2D eigenvalue weighted by Gasteiger charge is -2.71. The third kappa shape index (κ3) is 9.40. The van der Waals surface area contributed by atoms with Crippen molar-refractivity contribution in [2.75, 3.05) is 26.4 Å². The second-order valence-electron chi connectivity index (χ2n) is 25.7. The van der Waals surface area contributed by atoms with Crippen LogP contribution in [0.25, 0.3) is 0 Å². The maximum atomic E-state index is 15.1. The van der Waals surface area contributed by atoms with Gasteiger partial charge in [0, 0.05) is 5.41 Å². The number of ether oxygens (including phenoxy) is 8. The molecule has 0 bridgehead atoms. The number of aliphatic hydroxyl groups is 13. The monoisotopic (exact) mass is 1070 g/mol. The maximum absolute atomic E-state index is 15.1. The van der Waals surface area contributed by atoms with E-state index in [1.165, 1.54) is 12.5 Å². The molecule has 22 heteroatoms. The smallest absolute Gasteiger partial charge is 0.315 e. The molecule has 0 spiro atoms. The highest BCUT2D eigenvalue weighted by atomic mass is 16.8. The van der Waals surface area contributed by atoms with Gasteiger partial charge in [0.15, 0.2) is 18.9 Å². The van der Waals surface area contributed by atoms with Gasteiger partial charge in [0.1, 0.15) is 85.5 Å². The van der Waals surface area contributed by atoms with Crippen molar-refractivity contribution in [3.63, 3.8) is 0 Å². The average molecular weight is 1080 g/mol. The minimum atomic E-state index is -1.96. The van der Waals surface area contributed by atoms with E-state index in [1.54, 1.807) is 0 Å². The highest BCUT2D eigenvalue weighted by Crippen LogP contribution is 2.76. The van der Waals surface area contributed by atoms with Gasteiger partial charge in [-0.2, -0.15) is 0 Å². The SMILES string of the molecule is C[C@@H]1O[C@H](O[C@H]2[C@H](O)[C@@H](O)[C@H](O[C@H]3[C@H](O)[C@@H](O)[C@H](OC(=O)[C@]45CCC(C)(C)C[C@H]4C4=CC[C@@H]6[C@@]7(C)CC[C@H](O[C@@H]8OC[C@H](O)[C@H](O)[C@H]8O)[C@@](C)(CO)[C@@H]7CC[C@@]6(C)[C@]4(C)CC5)O[C@@H]3CO)O[C@@H]2CO)[C@H](O)[C@H](O)[C@H]1O. The predicted molar refractivity (Wildman–Crippen MR) is 257 cm³/mol. The van der Waals surface area contributed by atoms with Gasteiger partial charge < -0.3 is 104 Å². The molecule has 0 aromatic rings. The second-order valence-corrected chi connectivity index (χ2v) is 25.7. The van der Waals surface area contributed by atoms with E-state index in [0.717, 1.165) is 25.7 Å². The van der Waals surface area contributed by atoms with Crippen molar-refractivity contribution in [1.29, 1.82) is 0 Å². The largest absolute Gasteiger partial charge is 0.432 e. The third-order valence-electron chi connectivity index (χ3n) is 21.1.